The van der Waals surface area contributed by atoms with Crippen molar-refractivity contribution in [2.45, 2.75) is 16.6 Å². The van der Waals surface area contributed by atoms with Gasteiger partial charge in [0.05, 0.1) is 19.8 Å². The fourth-order valence-electron chi connectivity index (χ4n) is 0.952. The van der Waals surface area contributed by atoms with Gasteiger partial charge < -0.3 is 4.74 Å². The maximum absolute atomic E-state index is 12.5. The van der Waals surface area contributed by atoms with Gasteiger partial charge in [0.15, 0.2) is 0 Å². The molecule has 0 radical (unpaired) electrons. The largest absolute Gasteiger partial charge is 0.474 e. The number of hydrogen-bond donors (Lipinski definition) is 0. The summed E-state index contributed by atoms with van der Waals surface area (Å²) in [6.45, 7) is 5.08. The molecule has 2 unspecified atom stereocenters. The third-order valence-electron chi connectivity index (χ3n) is 2.08. The number of phosphoric ester groups is 1. The molecule has 136 valence electrons. The zero-order valence-electron chi connectivity index (χ0n) is 12.5. The van der Waals surface area contributed by atoms with Crippen molar-refractivity contribution in [3.63, 3.8) is 0 Å². The Kier molecular flexibility index (Phi) is 14.2. The Labute approximate surface area is 170 Å². The SMILES string of the molecule is C=C(C)C(=O)OCCOP(=O)(OCC(Br)CBr)OCC(Br)CBr. The van der Waals surface area contributed by atoms with Gasteiger partial charge in [0.1, 0.15) is 6.61 Å². The van der Waals surface area contributed by atoms with Crippen LogP contribution in [0.25, 0.3) is 0 Å². The van der Waals surface area contributed by atoms with Crippen molar-refractivity contribution in [3.05, 3.63) is 12.2 Å². The van der Waals surface area contributed by atoms with Gasteiger partial charge in [0.2, 0.25) is 0 Å². The van der Waals surface area contributed by atoms with E-state index >= 15 is 0 Å². The smallest absolute Gasteiger partial charge is 0.460 e. The van der Waals surface area contributed by atoms with E-state index in [2.05, 4.69) is 70.3 Å². The summed E-state index contributed by atoms with van der Waals surface area (Å²) < 4.78 is 33.1. The van der Waals surface area contributed by atoms with E-state index in [-0.39, 0.29) is 41.7 Å². The second-order valence-corrected chi connectivity index (χ2v) is 9.85. The lowest BCUT2D eigenvalue weighted by Gasteiger charge is -2.20. The van der Waals surface area contributed by atoms with Crippen molar-refractivity contribution in [2.75, 3.05) is 37.1 Å². The van der Waals surface area contributed by atoms with E-state index in [1.54, 1.807) is 0 Å². The van der Waals surface area contributed by atoms with Gasteiger partial charge in [-0.1, -0.05) is 70.3 Å². The first-order valence-corrected chi connectivity index (χ1v) is 12.0. The molecular formula is C12H19Br4O6P. The maximum Gasteiger partial charge on any atom is 0.474 e. The molecule has 0 aromatic rings. The molecular weight excluding hydrogens is 591 g/mol. The summed E-state index contributed by atoms with van der Waals surface area (Å²) in [4.78, 5) is 11.2. The van der Waals surface area contributed by atoms with E-state index in [9.17, 15) is 9.36 Å². The van der Waals surface area contributed by atoms with Crippen molar-refractivity contribution in [1.82, 2.24) is 0 Å². The summed E-state index contributed by atoms with van der Waals surface area (Å²) in [5, 5.41) is 1.23. The number of carbonyl (C=O) groups is 1. The Morgan fingerprint density at radius 1 is 1.04 bits per heavy atom. The number of halogens is 4. The quantitative estimate of drug-likeness (QED) is 0.100. The molecule has 0 aliphatic heterocycles. The first-order chi connectivity index (χ1) is 10.7. The van der Waals surface area contributed by atoms with Crippen LogP contribution >= 0.6 is 71.5 Å². The molecule has 0 N–H and O–H groups in total. The number of rotatable bonds is 13. The number of carbonyl (C=O) groups excluding carboxylic acids is 1. The monoisotopic (exact) mass is 606 g/mol. The minimum Gasteiger partial charge on any atom is -0.460 e. The van der Waals surface area contributed by atoms with Crippen LogP contribution in [-0.4, -0.2) is 52.7 Å². The molecule has 0 aliphatic rings. The lowest BCUT2D eigenvalue weighted by atomic mass is 10.4. The minimum absolute atomic E-state index is 0.0415. The Morgan fingerprint density at radius 3 is 1.91 bits per heavy atom. The Morgan fingerprint density at radius 2 is 1.52 bits per heavy atom. The van der Waals surface area contributed by atoms with Crippen LogP contribution in [0.2, 0.25) is 0 Å². The summed E-state index contributed by atoms with van der Waals surface area (Å²) in [7, 11) is -3.75. The van der Waals surface area contributed by atoms with Gasteiger partial charge in [-0.2, -0.15) is 0 Å². The summed E-state index contributed by atoms with van der Waals surface area (Å²) in [6, 6.07) is 0. The van der Waals surface area contributed by atoms with Gasteiger partial charge in [-0.25, -0.2) is 9.36 Å². The third kappa shape index (κ3) is 12.3. The third-order valence-corrected chi connectivity index (χ3v) is 7.98. The number of ether oxygens (including phenoxy) is 1. The van der Waals surface area contributed by atoms with Gasteiger partial charge in [-0.15, -0.1) is 0 Å². The normalized spacial score (nSPS) is 16.4. The van der Waals surface area contributed by atoms with E-state index in [1.165, 1.54) is 6.92 Å². The Hall–Kier alpha value is 1.24. The van der Waals surface area contributed by atoms with Gasteiger partial charge in [-0.05, 0) is 6.92 Å². The average molecular weight is 610 g/mol. The highest BCUT2D eigenvalue weighted by atomic mass is 79.9. The lowest BCUT2D eigenvalue weighted by molar-refractivity contribution is -0.139. The molecule has 0 aromatic carbocycles. The van der Waals surface area contributed by atoms with Crippen molar-refractivity contribution in [2.24, 2.45) is 0 Å². The van der Waals surface area contributed by atoms with Crippen molar-refractivity contribution in [3.8, 4) is 0 Å². The summed E-state index contributed by atoms with van der Waals surface area (Å²) in [5.74, 6) is -0.537. The summed E-state index contributed by atoms with van der Waals surface area (Å²) >= 11 is 13.2. The van der Waals surface area contributed by atoms with Crippen LogP contribution in [0.3, 0.4) is 0 Å². The molecule has 0 fully saturated rings. The second kappa shape index (κ2) is 13.4. The molecule has 0 rings (SSSR count). The molecule has 0 saturated heterocycles. The standard InChI is InChI=1S/C12H19Br4O6P/c1-9(2)12(17)19-3-4-20-23(18,21-7-10(15)5-13)22-8-11(16)6-14/h10-11H,1,3-8H2,2H3. The molecule has 0 saturated carbocycles. The highest BCUT2D eigenvalue weighted by Gasteiger charge is 2.29. The topological polar surface area (TPSA) is 71.1 Å². The molecule has 0 aromatic heterocycles. The van der Waals surface area contributed by atoms with E-state index in [0.717, 1.165) is 0 Å². The van der Waals surface area contributed by atoms with Crippen molar-refractivity contribution < 1.29 is 27.7 Å². The minimum atomic E-state index is -3.75. The number of hydrogen-bond acceptors (Lipinski definition) is 6. The van der Waals surface area contributed by atoms with Crippen LogP contribution in [0.15, 0.2) is 12.2 Å². The lowest BCUT2D eigenvalue weighted by Crippen LogP contribution is -2.16. The summed E-state index contributed by atoms with van der Waals surface area (Å²) in [5.41, 5.74) is 0.277. The molecule has 2 atom stereocenters. The van der Waals surface area contributed by atoms with Crippen LogP contribution in [0.5, 0.6) is 0 Å². The molecule has 11 heteroatoms. The Balaban J connectivity index is 4.43. The molecule has 0 heterocycles. The predicted octanol–water partition coefficient (Wildman–Crippen LogP) is 4.58. The van der Waals surface area contributed by atoms with Gasteiger partial charge >= 0.3 is 13.8 Å². The Bertz CT molecular complexity index is 404. The van der Waals surface area contributed by atoms with Crippen LogP contribution in [0.4, 0.5) is 0 Å². The molecule has 0 bridgehead atoms. The zero-order valence-corrected chi connectivity index (χ0v) is 19.8. The zero-order chi connectivity index (χ0) is 17.9. The van der Waals surface area contributed by atoms with E-state index in [0.29, 0.717) is 10.7 Å². The summed E-state index contributed by atoms with van der Waals surface area (Å²) in [6.07, 6.45) is 0. The van der Waals surface area contributed by atoms with Crippen molar-refractivity contribution >= 4 is 77.5 Å². The molecule has 0 spiro atoms. The predicted molar refractivity (Wildman–Crippen MR) is 104 cm³/mol. The van der Waals surface area contributed by atoms with E-state index < -0.39 is 13.8 Å². The first-order valence-electron chi connectivity index (χ1n) is 6.50. The van der Waals surface area contributed by atoms with Crippen molar-refractivity contribution in [1.29, 1.82) is 0 Å². The van der Waals surface area contributed by atoms with Crippen LogP contribution in [-0.2, 0) is 27.7 Å². The molecule has 0 aliphatic carbocycles. The first kappa shape index (κ1) is 24.2. The van der Waals surface area contributed by atoms with Gasteiger partial charge in [0, 0.05) is 25.9 Å². The number of phosphoric acid groups is 1. The molecule has 6 nitrogen and oxygen atoms in total. The number of esters is 1. The van der Waals surface area contributed by atoms with Crippen LogP contribution < -0.4 is 0 Å². The van der Waals surface area contributed by atoms with E-state index in [1.807, 2.05) is 0 Å². The van der Waals surface area contributed by atoms with Crippen LogP contribution in [0.1, 0.15) is 6.92 Å². The highest BCUT2D eigenvalue weighted by Crippen LogP contribution is 2.50. The van der Waals surface area contributed by atoms with Gasteiger partial charge in [-0.3, -0.25) is 13.6 Å². The molecule has 23 heavy (non-hydrogen) atoms. The molecule has 0 amide bonds. The fraction of sp³-hybridized carbons (Fsp3) is 0.750. The maximum atomic E-state index is 12.5. The number of alkyl halides is 4. The fourth-order valence-corrected chi connectivity index (χ4v) is 3.25. The average Bonchev–Trinajstić information content (AvgIpc) is 2.54. The second-order valence-electron chi connectivity index (χ2n) is 4.29. The highest BCUT2D eigenvalue weighted by molar-refractivity contribution is 9.12. The van der Waals surface area contributed by atoms with E-state index in [4.69, 9.17) is 18.3 Å². The van der Waals surface area contributed by atoms with Gasteiger partial charge in [0.25, 0.3) is 0 Å². The van der Waals surface area contributed by atoms with Crippen LogP contribution in [0, 0.1) is 0 Å².